The Balaban J connectivity index is 1.92. The van der Waals surface area contributed by atoms with Gasteiger partial charge in [0.15, 0.2) is 6.61 Å². The first-order valence-electron chi connectivity index (χ1n) is 9.48. The van der Waals surface area contributed by atoms with Crippen molar-refractivity contribution in [2.45, 2.75) is 39.0 Å². The van der Waals surface area contributed by atoms with Gasteiger partial charge in [0.2, 0.25) is 5.91 Å². The lowest BCUT2D eigenvalue weighted by Crippen LogP contribution is -2.39. The number of nitrogens with two attached hydrogens (primary N) is 1. The summed E-state index contributed by atoms with van der Waals surface area (Å²) in [5, 5.41) is 3.02. The molecule has 2 aliphatic rings. The van der Waals surface area contributed by atoms with Crippen molar-refractivity contribution in [1.82, 2.24) is 0 Å². The number of fused-ring (bicyclic) bond motifs is 1. The van der Waals surface area contributed by atoms with Crippen molar-refractivity contribution < 1.29 is 19.1 Å². The van der Waals surface area contributed by atoms with Gasteiger partial charge in [-0.2, -0.15) is 0 Å². The highest BCUT2D eigenvalue weighted by molar-refractivity contribution is 6.34. The number of carbonyl (C=O) groups is 3. The second-order valence-electron chi connectivity index (χ2n) is 6.76. The SMILES string of the molecule is CCC#CCN1C(=O)COc2cc(Cl)c(NC(=O)C3=C(C(N)=O)CCCC3)cc21. The van der Waals surface area contributed by atoms with E-state index in [1.165, 1.54) is 4.90 Å². The lowest BCUT2D eigenvalue weighted by atomic mass is 9.90. The highest BCUT2D eigenvalue weighted by Gasteiger charge is 2.28. The van der Waals surface area contributed by atoms with Crippen LogP contribution in [0.15, 0.2) is 23.3 Å². The molecule has 152 valence electrons. The molecule has 29 heavy (non-hydrogen) atoms. The maximum Gasteiger partial charge on any atom is 0.265 e. The van der Waals surface area contributed by atoms with Crippen LogP contribution in [-0.4, -0.2) is 30.9 Å². The van der Waals surface area contributed by atoms with E-state index in [0.717, 1.165) is 12.8 Å². The highest BCUT2D eigenvalue weighted by atomic mass is 35.5. The molecule has 0 spiro atoms. The van der Waals surface area contributed by atoms with Crippen LogP contribution in [0.1, 0.15) is 39.0 Å². The fraction of sp³-hybridized carbons (Fsp3) is 0.381. The van der Waals surface area contributed by atoms with Gasteiger partial charge in [-0.3, -0.25) is 19.3 Å². The fourth-order valence-corrected chi connectivity index (χ4v) is 3.58. The number of rotatable bonds is 4. The number of ether oxygens (including phenoxy) is 1. The van der Waals surface area contributed by atoms with Gasteiger partial charge in [-0.05, 0) is 31.7 Å². The van der Waals surface area contributed by atoms with Gasteiger partial charge in [0.1, 0.15) is 5.75 Å². The van der Waals surface area contributed by atoms with E-state index in [0.29, 0.717) is 47.5 Å². The highest BCUT2D eigenvalue weighted by Crippen LogP contribution is 2.39. The van der Waals surface area contributed by atoms with Crippen LogP contribution in [0.25, 0.3) is 0 Å². The maximum absolute atomic E-state index is 12.8. The number of carbonyl (C=O) groups excluding carboxylic acids is 3. The van der Waals surface area contributed by atoms with Crippen LogP contribution < -0.4 is 20.7 Å². The van der Waals surface area contributed by atoms with Crippen LogP contribution in [0.5, 0.6) is 5.75 Å². The van der Waals surface area contributed by atoms with Crippen LogP contribution in [0.2, 0.25) is 5.02 Å². The predicted molar refractivity (Wildman–Crippen MR) is 111 cm³/mol. The lowest BCUT2D eigenvalue weighted by molar-refractivity contribution is -0.121. The zero-order valence-corrected chi connectivity index (χ0v) is 16.9. The van der Waals surface area contributed by atoms with E-state index in [4.69, 9.17) is 22.1 Å². The number of primary amides is 1. The molecule has 1 heterocycles. The zero-order chi connectivity index (χ0) is 21.0. The van der Waals surface area contributed by atoms with Gasteiger partial charge in [-0.15, -0.1) is 5.92 Å². The number of hydrogen-bond donors (Lipinski definition) is 2. The summed E-state index contributed by atoms with van der Waals surface area (Å²) in [5.74, 6) is 5.10. The quantitative estimate of drug-likeness (QED) is 0.738. The molecule has 7 nitrogen and oxygen atoms in total. The molecule has 1 aliphatic carbocycles. The summed E-state index contributed by atoms with van der Waals surface area (Å²) in [5.41, 5.74) is 6.98. The van der Waals surface area contributed by atoms with Gasteiger partial charge in [0, 0.05) is 23.6 Å². The molecule has 0 atom stereocenters. The van der Waals surface area contributed by atoms with E-state index in [-0.39, 0.29) is 24.1 Å². The zero-order valence-electron chi connectivity index (χ0n) is 16.1. The summed E-state index contributed by atoms with van der Waals surface area (Å²) in [6.07, 6.45) is 3.28. The van der Waals surface area contributed by atoms with E-state index in [9.17, 15) is 14.4 Å². The molecule has 8 heteroatoms. The van der Waals surface area contributed by atoms with Crippen LogP contribution >= 0.6 is 11.6 Å². The van der Waals surface area contributed by atoms with Crippen molar-refractivity contribution in [3.8, 4) is 17.6 Å². The number of benzene rings is 1. The van der Waals surface area contributed by atoms with Gasteiger partial charge in [-0.1, -0.05) is 24.4 Å². The first-order chi connectivity index (χ1) is 13.9. The van der Waals surface area contributed by atoms with E-state index in [1.807, 2.05) is 6.92 Å². The van der Waals surface area contributed by atoms with Crippen molar-refractivity contribution in [2.75, 3.05) is 23.4 Å². The Kier molecular flexibility index (Phi) is 6.45. The monoisotopic (exact) mass is 415 g/mol. The Bertz CT molecular complexity index is 959. The maximum atomic E-state index is 12.8. The molecule has 0 bridgehead atoms. The number of nitrogens with zero attached hydrogens (tertiary/aromatic N) is 1. The molecule has 1 aromatic rings. The minimum Gasteiger partial charge on any atom is -0.482 e. The summed E-state index contributed by atoms with van der Waals surface area (Å²) in [6, 6.07) is 3.15. The number of halogens is 1. The lowest BCUT2D eigenvalue weighted by Gasteiger charge is -2.29. The van der Waals surface area contributed by atoms with Crippen LogP contribution in [0, 0.1) is 11.8 Å². The molecular formula is C21H22ClN3O4. The minimum atomic E-state index is -0.578. The molecule has 1 aliphatic heterocycles. The molecule has 1 aromatic carbocycles. The van der Waals surface area contributed by atoms with E-state index in [1.54, 1.807) is 12.1 Å². The minimum absolute atomic E-state index is 0.0995. The van der Waals surface area contributed by atoms with Crippen molar-refractivity contribution >= 4 is 40.7 Å². The Morgan fingerprint density at radius 3 is 2.66 bits per heavy atom. The van der Waals surface area contributed by atoms with Gasteiger partial charge in [0.05, 0.1) is 22.9 Å². The first-order valence-corrected chi connectivity index (χ1v) is 9.85. The Hall–Kier alpha value is -2.98. The molecular weight excluding hydrogens is 394 g/mol. The summed E-state index contributed by atoms with van der Waals surface area (Å²) in [4.78, 5) is 38.3. The molecule has 3 N–H and O–H groups in total. The first kappa shape index (κ1) is 20.7. The molecule has 0 radical (unpaired) electrons. The normalized spacial score (nSPS) is 15.8. The largest absolute Gasteiger partial charge is 0.482 e. The summed E-state index contributed by atoms with van der Waals surface area (Å²) in [7, 11) is 0. The van der Waals surface area contributed by atoms with Crippen LogP contribution in [0.3, 0.4) is 0 Å². The molecule has 0 aromatic heterocycles. The topological polar surface area (TPSA) is 102 Å². The number of anilines is 2. The molecule has 0 fully saturated rings. The smallest absolute Gasteiger partial charge is 0.265 e. The third-order valence-electron chi connectivity index (χ3n) is 4.82. The summed E-state index contributed by atoms with van der Waals surface area (Å²) in [6.45, 7) is 2.04. The van der Waals surface area contributed by atoms with Crippen molar-refractivity contribution in [3.63, 3.8) is 0 Å². The average Bonchev–Trinajstić information content (AvgIpc) is 2.70. The second-order valence-corrected chi connectivity index (χ2v) is 7.17. The molecule has 3 rings (SSSR count). The average molecular weight is 416 g/mol. The number of nitrogens with one attached hydrogen (secondary N) is 1. The number of hydrogen-bond acceptors (Lipinski definition) is 4. The fourth-order valence-electron chi connectivity index (χ4n) is 3.38. The standard InChI is InChI=1S/C21H22ClN3O4/c1-2-3-6-9-25-17-11-16(15(22)10-18(17)29-12-19(25)26)24-21(28)14-8-5-4-7-13(14)20(23)27/h10-11H,2,4-5,7-9,12H2,1H3,(H2,23,27)(H,24,28). The third-order valence-corrected chi connectivity index (χ3v) is 5.13. The van der Waals surface area contributed by atoms with Gasteiger partial charge >= 0.3 is 0 Å². The van der Waals surface area contributed by atoms with Gasteiger partial charge in [-0.25, -0.2) is 0 Å². The Morgan fingerprint density at radius 2 is 1.97 bits per heavy atom. The third kappa shape index (κ3) is 4.54. The molecule has 3 amide bonds. The van der Waals surface area contributed by atoms with E-state index in [2.05, 4.69) is 17.2 Å². The van der Waals surface area contributed by atoms with Crippen LogP contribution in [0.4, 0.5) is 11.4 Å². The van der Waals surface area contributed by atoms with E-state index < -0.39 is 11.8 Å². The van der Waals surface area contributed by atoms with Crippen molar-refractivity contribution in [3.05, 3.63) is 28.3 Å². The Labute approximate surface area is 174 Å². The van der Waals surface area contributed by atoms with Gasteiger partial charge in [0.25, 0.3) is 11.8 Å². The van der Waals surface area contributed by atoms with E-state index >= 15 is 0 Å². The molecule has 0 saturated heterocycles. The van der Waals surface area contributed by atoms with Gasteiger partial charge < -0.3 is 15.8 Å². The molecule has 0 saturated carbocycles. The van der Waals surface area contributed by atoms with Crippen molar-refractivity contribution in [1.29, 1.82) is 0 Å². The van der Waals surface area contributed by atoms with Crippen molar-refractivity contribution in [2.24, 2.45) is 5.73 Å². The predicted octanol–water partition coefficient (Wildman–Crippen LogP) is 2.77. The summed E-state index contributed by atoms with van der Waals surface area (Å²) < 4.78 is 5.47. The number of amides is 3. The van der Waals surface area contributed by atoms with Crippen LogP contribution in [-0.2, 0) is 14.4 Å². The molecule has 0 unspecified atom stereocenters. The Morgan fingerprint density at radius 1 is 1.24 bits per heavy atom. The summed E-state index contributed by atoms with van der Waals surface area (Å²) >= 11 is 6.32. The second kappa shape index (κ2) is 9.01.